The third kappa shape index (κ3) is 6.36. The SMILES string of the molecule is CC(C)CNC(=O)CN(C)C(C(C)N)C(C)(C)C. The lowest BCUT2D eigenvalue weighted by Gasteiger charge is -2.40. The van der Waals surface area contributed by atoms with E-state index in [4.69, 9.17) is 5.73 Å². The summed E-state index contributed by atoms with van der Waals surface area (Å²) in [5, 5.41) is 2.94. The first kappa shape index (κ1) is 17.4. The van der Waals surface area contributed by atoms with Gasteiger partial charge in [0.25, 0.3) is 0 Å². The topological polar surface area (TPSA) is 58.4 Å². The quantitative estimate of drug-likeness (QED) is 0.757. The molecular formula is C14H31N3O. The molecule has 0 aromatic rings. The minimum atomic E-state index is 0.0351. The first-order valence-corrected chi connectivity index (χ1v) is 6.78. The van der Waals surface area contributed by atoms with E-state index in [9.17, 15) is 4.79 Å². The van der Waals surface area contributed by atoms with Crippen LogP contribution in [-0.4, -0.2) is 43.0 Å². The lowest BCUT2D eigenvalue weighted by Crippen LogP contribution is -2.54. The molecule has 0 saturated carbocycles. The first-order chi connectivity index (χ1) is 8.05. The van der Waals surface area contributed by atoms with Crippen LogP contribution >= 0.6 is 0 Å². The van der Waals surface area contributed by atoms with Crippen LogP contribution in [0, 0.1) is 11.3 Å². The van der Waals surface area contributed by atoms with Gasteiger partial charge in [0.15, 0.2) is 0 Å². The molecule has 0 saturated heterocycles. The van der Waals surface area contributed by atoms with Gasteiger partial charge in [-0.05, 0) is 25.3 Å². The average Bonchev–Trinajstić information content (AvgIpc) is 2.11. The highest BCUT2D eigenvalue weighted by Crippen LogP contribution is 2.25. The summed E-state index contributed by atoms with van der Waals surface area (Å²) in [5.41, 5.74) is 6.11. The van der Waals surface area contributed by atoms with E-state index in [1.165, 1.54) is 0 Å². The smallest absolute Gasteiger partial charge is 0.234 e. The predicted octanol–water partition coefficient (Wildman–Crippen LogP) is 1.45. The van der Waals surface area contributed by atoms with Gasteiger partial charge in [0, 0.05) is 18.6 Å². The van der Waals surface area contributed by atoms with Crippen molar-refractivity contribution in [3.63, 3.8) is 0 Å². The van der Waals surface area contributed by atoms with Gasteiger partial charge >= 0.3 is 0 Å². The summed E-state index contributed by atoms with van der Waals surface area (Å²) >= 11 is 0. The highest BCUT2D eigenvalue weighted by atomic mass is 16.2. The number of carbonyl (C=O) groups is 1. The maximum atomic E-state index is 11.8. The lowest BCUT2D eigenvalue weighted by molar-refractivity contribution is -0.123. The van der Waals surface area contributed by atoms with Crippen molar-refractivity contribution in [1.29, 1.82) is 0 Å². The Morgan fingerprint density at radius 2 is 1.78 bits per heavy atom. The number of carbonyl (C=O) groups excluding carboxylic acids is 1. The molecule has 2 unspecified atom stereocenters. The summed E-state index contributed by atoms with van der Waals surface area (Å²) < 4.78 is 0. The maximum absolute atomic E-state index is 11.8. The summed E-state index contributed by atoms with van der Waals surface area (Å²) in [4.78, 5) is 13.9. The second kappa shape index (κ2) is 7.10. The maximum Gasteiger partial charge on any atom is 0.234 e. The van der Waals surface area contributed by atoms with Crippen molar-refractivity contribution >= 4 is 5.91 Å². The zero-order valence-electron chi connectivity index (χ0n) is 13.1. The summed E-state index contributed by atoms with van der Waals surface area (Å²) in [6, 6.07) is 0.218. The summed E-state index contributed by atoms with van der Waals surface area (Å²) in [6.07, 6.45) is 0. The normalized spacial score (nSPS) is 15.9. The van der Waals surface area contributed by atoms with Gasteiger partial charge in [0.05, 0.1) is 6.54 Å². The van der Waals surface area contributed by atoms with E-state index < -0.39 is 0 Å². The molecular weight excluding hydrogens is 226 g/mol. The fraction of sp³-hybridized carbons (Fsp3) is 0.929. The standard InChI is InChI=1S/C14H31N3O/c1-10(2)8-16-12(18)9-17(7)13(11(3)15)14(4,5)6/h10-11,13H,8-9,15H2,1-7H3,(H,16,18). The van der Waals surface area contributed by atoms with Crippen LogP contribution < -0.4 is 11.1 Å². The van der Waals surface area contributed by atoms with Crippen LogP contribution in [-0.2, 0) is 4.79 Å². The summed E-state index contributed by atoms with van der Waals surface area (Å²) in [6.45, 7) is 13.8. The molecule has 1 amide bonds. The molecule has 0 aromatic heterocycles. The van der Waals surface area contributed by atoms with Gasteiger partial charge in [-0.15, -0.1) is 0 Å². The Morgan fingerprint density at radius 3 is 2.11 bits per heavy atom. The minimum absolute atomic E-state index is 0.0351. The molecule has 2 atom stereocenters. The van der Waals surface area contributed by atoms with E-state index in [0.29, 0.717) is 12.5 Å². The highest BCUT2D eigenvalue weighted by Gasteiger charge is 2.32. The van der Waals surface area contributed by atoms with Crippen molar-refractivity contribution in [3.05, 3.63) is 0 Å². The number of nitrogens with two attached hydrogens (primary N) is 1. The number of nitrogens with one attached hydrogen (secondary N) is 1. The molecule has 4 nitrogen and oxygen atoms in total. The molecule has 108 valence electrons. The van der Waals surface area contributed by atoms with E-state index >= 15 is 0 Å². The van der Waals surface area contributed by atoms with E-state index in [1.807, 2.05) is 14.0 Å². The number of rotatable bonds is 6. The molecule has 0 aliphatic rings. The molecule has 3 N–H and O–H groups in total. The molecule has 0 rings (SSSR count). The Morgan fingerprint density at radius 1 is 1.28 bits per heavy atom. The van der Waals surface area contributed by atoms with Crippen LogP contribution in [0.4, 0.5) is 0 Å². The Kier molecular flexibility index (Phi) is 6.86. The van der Waals surface area contributed by atoms with Crippen LogP contribution in [0.3, 0.4) is 0 Å². The van der Waals surface area contributed by atoms with Crippen LogP contribution in [0.5, 0.6) is 0 Å². The van der Waals surface area contributed by atoms with Crippen molar-refractivity contribution < 1.29 is 4.79 Å². The molecule has 0 aliphatic heterocycles. The predicted molar refractivity (Wildman–Crippen MR) is 77.4 cm³/mol. The van der Waals surface area contributed by atoms with Gasteiger partial charge in [-0.25, -0.2) is 0 Å². The van der Waals surface area contributed by atoms with Crippen LogP contribution in [0.15, 0.2) is 0 Å². The third-order valence-corrected chi connectivity index (χ3v) is 2.96. The van der Waals surface area contributed by atoms with Crippen LogP contribution in [0.1, 0.15) is 41.5 Å². The van der Waals surface area contributed by atoms with Gasteiger partial charge in [0.1, 0.15) is 0 Å². The zero-order chi connectivity index (χ0) is 14.5. The molecule has 0 heterocycles. The molecule has 0 aromatic carbocycles. The number of hydrogen-bond donors (Lipinski definition) is 2. The minimum Gasteiger partial charge on any atom is -0.355 e. The van der Waals surface area contributed by atoms with Crippen molar-refractivity contribution in [2.75, 3.05) is 20.1 Å². The van der Waals surface area contributed by atoms with Gasteiger partial charge in [-0.2, -0.15) is 0 Å². The fourth-order valence-electron chi connectivity index (χ4n) is 2.55. The Bertz CT molecular complexity index is 256. The Balaban J connectivity index is 4.44. The molecule has 0 fully saturated rings. The molecule has 0 bridgehead atoms. The van der Waals surface area contributed by atoms with Gasteiger partial charge < -0.3 is 11.1 Å². The molecule has 0 aliphatic carbocycles. The number of nitrogens with zero attached hydrogens (tertiary/aromatic N) is 1. The number of likely N-dealkylation sites (N-methyl/N-ethyl adjacent to an activating group) is 1. The van der Waals surface area contributed by atoms with E-state index in [1.54, 1.807) is 0 Å². The van der Waals surface area contributed by atoms with Crippen molar-refractivity contribution in [2.24, 2.45) is 17.1 Å². The number of amides is 1. The van der Waals surface area contributed by atoms with Gasteiger partial charge in [0.2, 0.25) is 5.91 Å². The van der Waals surface area contributed by atoms with Crippen LogP contribution in [0.25, 0.3) is 0 Å². The van der Waals surface area contributed by atoms with Crippen molar-refractivity contribution in [1.82, 2.24) is 10.2 Å². The third-order valence-electron chi connectivity index (χ3n) is 2.96. The van der Waals surface area contributed by atoms with Crippen molar-refractivity contribution in [2.45, 2.75) is 53.6 Å². The second-order valence-corrected chi connectivity index (χ2v) is 6.78. The van der Waals surface area contributed by atoms with E-state index in [-0.39, 0.29) is 23.4 Å². The Hall–Kier alpha value is -0.610. The summed E-state index contributed by atoms with van der Waals surface area (Å²) in [7, 11) is 1.97. The molecule has 4 heteroatoms. The zero-order valence-corrected chi connectivity index (χ0v) is 13.1. The van der Waals surface area contributed by atoms with E-state index in [0.717, 1.165) is 6.54 Å². The molecule has 0 spiro atoms. The molecule has 0 radical (unpaired) electrons. The fourth-order valence-corrected chi connectivity index (χ4v) is 2.55. The highest BCUT2D eigenvalue weighted by molar-refractivity contribution is 5.78. The monoisotopic (exact) mass is 257 g/mol. The van der Waals surface area contributed by atoms with Gasteiger partial charge in [-0.1, -0.05) is 34.6 Å². The average molecular weight is 257 g/mol. The Labute approximate surface area is 112 Å². The van der Waals surface area contributed by atoms with Crippen molar-refractivity contribution in [3.8, 4) is 0 Å². The summed E-state index contributed by atoms with van der Waals surface area (Å²) in [5.74, 6) is 0.548. The van der Waals surface area contributed by atoms with E-state index in [2.05, 4.69) is 44.8 Å². The lowest BCUT2D eigenvalue weighted by atomic mass is 9.82. The molecule has 18 heavy (non-hydrogen) atoms. The van der Waals surface area contributed by atoms with Gasteiger partial charge in [-0.3, -0.25) is 9.69 Å². The van der Waals surface area contributed by atoms with Crippen LogP contribution in [0.2, 0.25) is 0 Å². The number of hydrogen-bond acceptors (Lipinski definition) is 3. The largest absolute Gasteiger partial charge is 0.355 e. The first-order valence-electron chi connectivity index (χ1n) is 6.78. The second-order valence-electron chi connectivity index (χ2n) is 6.78.